The Hall–Kier alpha value is -1.65. The van der Waals surface area contributed by atoms with Gasteiger partial charge < -0.3 is 11.1 Å². The standard InChI is InChI=1S/C14H18F2N2O/c1-14(5-3-2-4-6-14)18-13(19)10-7-9(15)8-11(17)12(10)16/h7-8H,2-6,17H2,1H3,(H,18,19). The molecule has 1 saturated carbocycles. The van der Waals surface area contributed by atoms with Crippen molar-refractivity contribution < 1.29 is 13.6 Å². The van der Waals surface area contributed by atoms with Gasteiger partial charge in [0.15, 0.2) is 5.82 Å². The third-order valence-electron chi connectivity index (χ3n) is 3.68. The molecule has 3 N–H and O–H groups in total. The van der Waals surface area contributed by atoms with Crippen molar-refractivity contribution in [3.63, 3.8) is 0 Å². The van der Waals surface area contributed by atoms with Crippen LogP contribution in [-0.4, -0.2) is 11.4 Å². The van der Waals surface area contributed by atoms with Crippen LogP contribution in [0.5, 0.6) is 0 Å². The van der Waals surface area contributed by atoms with Gasteiger partial charge in [0.1, 0.15) is 5.82 Å². The van der Waals surface area contributed by atoms with Crippen LogP contribution in [0, 0.1) is 11.6 Å². The highest BCUT2D eigenvalue weighted by molar-refractivity contribution is 5.95. The zero-order valence-corrected chi connectivity index (χ0v) is 10.9. The molecule has 1 aliphatic carbocycles. The number of anilines is 1. The number of benzene rings is 1. The Kier molecular flexibility index (Phi) is 3.73. The Labute approximate surface area is 111 Å². The van der Waals surface area contributed by atoms with Crippen molar-refractivity contribution in [3.8, 4) is 0 Å². The third kappa shape index (κ3) is 3.03. The van der Waals surface area contributed by atoms with Crippen LogP contribution in [0.1, 0.15) is 49.4 Å². The molecule has 0 spiro atoms. The Morgan fingerprint density at radius 3 is 2.53 bits per heavy atom. The molecule has 5 heteroatoms. The summed E-state index contributed by atoms with van der Waals surface area (Å²) in [6.45, 7) is 1.94. The van der Waals surface area contributed by atoms with Crippen molar-refractivity contribution >= 4 is 11.6 Å². The smallest absolute Gasteiger partial charge is 0.254 e. The first-order valence-electron chi connectivity index (χ1n) is 6.48. The van der Waals surface area contributed by atoms with E-state index in [-0.39, 0.29) is 16.8 Å². The minimum atomic E-state index is -0.863. The van der Waals surface area contributed by atoms with E-state index in [1.165, 1.54) is 0 Å². The van der Waals surface area contributed by atoms with E-state index in [9.17, 15) is 13.6 Å². The van der Waals surface area contributed by atoms with Crippen molar-refractivity contribution in [2.75, 3.05) is 5.73 Å². The fourth-order valence-corrected chi connectivity index (χ4v) is 2.57. The summed E-state index contributed by atoms with van der Waals surface area (Å²) in [4.78, 5) is 12.1. The maximum absolute atomic E-state index is 13.8. The molecule has 2 rings (SSSR count). The van der Waals surface area contributed by atoms with Gasteiger partial charge in [0.25, 0.3) is 5.91 Å². The molecule has 1 aromatic carbocycles. The van der Waals surface area contributed by atoms with Crippen molar-refractivity contribution in [1.82, 2.24) is 5.32 Å². The number of carbonyl (C=O) groups excluding carboxylic acids is 1. The van der Waals surface area contributed by atoms with Crippen LogP contribution < -0.4 is 11.1 Å². The lowest BCUT2D eigenvalue weighted by Gasteiger charge is -2.34. The van der Waals surface area contributed by atoms with Crippen molar-refractivity contribution in [1.29, 1.82) is 0 Å². The van der Waals surface area contributed by atoms with Crippen molar-refractivity contribution in [3.05, 3.63) is 29.3 Å². The summed E-state index contributed by atoms with van der Waals surface area (Å²) in [5, 5.41) is 2.81. The molecule has 19 heavy (non-hydrogen) atoms. The molecule has 1 fully saturated rings. The highest BCUT2D eigenvalue weighted by atomic mass is 19.1. The van der Waals surface area contributed by atoms with Gasteiger partial charge in [-0.05, 0) is 31.9 Å². The first-order chi connectivity index (χ1) is 8.91. The molecule has 0 saturated heterocycles. The van der Waals surface area contributed by atoms with Crippen molar-refractivity contribution in [2.24, 2.45) is 0 Å². The van der Waals surface area contributed by atoms with E-state index in [0.29, 0.717) is 0 Å². The SMILES string of the molecule is CC1(NC(=O)c2cc(F)cc(N)c2F)CCCCC1. The van der Waals surface area contributed by atoms with E-state index < -0.39 is 17.5 Å². The van der Waals surface area contributed by atoms with Crippen LogP contribution in [-0.2, 0) is 0 Å². The average Bonchev–Trinajstić information content (AvgIpc) is 2.34. The Morgan fingerprint density at radius 2 is 1.89 bits per heavy atom. The number of nitrogens with one attached hydrogen (secondary N) is 1. The molecule has 1 amide bonds. The number of amides is 1. The summed E-state index contributed by atoms with van der Waals surface area (Å²) in [5.41, 5.74) is 4.31. The van der Waals surface area contributed by atoms with E-state index in [2.05, 4.69) is 5.32 Å². The zero-order valence-electron chi connectivity index (χ0n) is 10.9. The summed E-state index contributed by atoms with van der Waals surface area (Å²) in [5.74, 6) is -2.18. The second kappa shape index (κ2) is 5.15. The molecule has 3 nitrogen and oxygen atoms in total. The second-order valence-corrected chi connectivity index (χ2v) is 5.43. The second-order valence-electron chi connectivity index (χ2n) is 5.43. The summed E-state index contributed by atoms with van der Waals surface area (Å²) < 4.78 is 27.0. The van der Waals surface area contributed by atoms with Gasteiger partial charge in [-0.15, -0.1) is 0 Å². The monoisotopic (exact) mass is 268 g/mol. The molecule has 0 unspecified atom stereocenters. The Balaban J connectivity index is 2.20. The molecular formula is C14H18F2N2O. The maximum atomic E-state index is 13.8. The van der Waals surface area contributed by atoms with Crippen LogP contribution >= 0.6 is 0 Å². The number of nitrogen functional groups attached to an aromatic ring is 1. The third-order valence-corrected chi connectivity index (χ3v) is 3.68. The molecule has 0 heterocycles. The van der Waals surface area contributed by atoms with E-state index in [4.69, 9.17) is 5.73 Å². The van der Waals surface area contributed by atoms with E-state index in [1.807, 2.05) is 6.92 Å². The van der Waals surface area contributed by atoms with Gasteiger partial charge >= 0.3 is 0 Å². The molecule has 1 aromatic rings. The van der Waals surface area contributed by atoms with Crippen LogP contribution in [0.25, 0.3) is 0 Å². The molecule has 0 aromatic heterocycles. The Morgan fingerprint density at radius 1 is 1.26 bits per heavy atom. The zero-order chi connectivity index (χ0) is 14.0. The summed E-state index contributed by atoms with van der Waals surface area (Å²) in [7, 11) is 0. The molecule has 0 aliphatic heterocycles. The topological polar surface area (TPSA) is 55.1 Å². The van der Waals surface area contributed by atoms with Gasteiger partial charge in [-0.3, -0.25) is 4.79 Å². The lowest BCUT2D eigenvalue weighted by molar-refractivity contribution is 0.0878. The largest absolute Gasteiger partial charge is 0.396 e. The van der Waals surface area contributed by atoms with Crippen LogP contribution in [0.2, 0.25) is 0 Å². The molecule has 104 valence electrons. The lowest BCUT2D eigenvalue weighted by Crippen LogP contribution is -2.47. The number of carbonyl (C=O) groups is 1. The van der Waals surface area contributed by atoms with Crippen molar-refractivity contribution in [2.45, 2.75) is 44.6 Å². The van der Waals surface area contributed by atoms with E-state index in [1.54, 1.807) is 0 Å². The first kappa shape index (κ1) is 13.8. The van der Waals surface area contributed by atoms with Gasteiger partial charge in [-0.2, -0.15) is 0 Å². The van der Waals surface area contributed by atoms with E-state index >= 15 is 0 Å². The van der Waals surface area contributed by atoms with Gasteiger partial charge in [-0.25, -0.2) is 8.78 Å². The molecule has 0 bridgehead atoms. The van der Waals surface area contributed by atoms with E-state index in [0.717, 1.165) is 44.2 Å². The fraction of sp³-hybridized carbons (Fsp3) is 0.500. The molecular weight excluding hydrogens is 250 g/mol. The van der Waals surface area contributed by atoms with Gasteiger partial charge in [0.05, 0.1) is 11.3 Å². The summed E-state index contributed by atoms with van der Waals surface area (Å²) in [6.07, 6.45) is 4.91. The molecule has 0 atom stereocenters. The predicted molar refractivity (Wildman–Crippen MR) is 69.7 cm³/mol. The number of rotatable bonds is 2. The van der Waals surface area contributed by atoms with Gasteiger partial charge in [0, 0.05) is 5.54 Å². The minimum absolute atomic E-state index is 0.329. The summed E-state index contributed by atoms with van der Waals surface area (Å²) in [6, 6.07) is 1.75. The number of nitrogens with two attached hydrogens (primary N) is 1. The van der Waals surface area contributed by atoms with Gasteiger partial charge in [0.2, 0.25) is 0 Å². The Bertz CT molecular complexity index is 496. The normalized spacial score (nSPS) is 18.1. The fourth-order valence-electron chi connectivity index (χ4n) is 2.57. The molecule has 1 aliphatic rings. The number of hydrogen-bond acceptors (Lipinski definition) is 2. The van der Waals surface area contributed by atoms with Gasteiger partial charge in [-0.1, -0.05) is 19.3 Å². The van der Waals surface area contributed by atoms with Crippen LogP contribution in [0.15, 0.2) is 12.1 Å². The number of hydrogen-bond donors (Lipinski definition) is 2. The van der Waals surface area contributed by atoms with Crippen LogP contribution in [0.3, 0.4) is 0 Å². The predicted octanol–water partition coefficient (Wildman–Crippen LogP) is 3.00. The quantitative estimate of drug-likeness (QED) is 0.810. The molecule has 0 radical (unpaired) electrons. The first-order valence-corrected chi connectivity index (χ1v) is 6.48. The summed E-state index contributed by atoms with van der Waals surface area (Å²) >= 11 is 0. The number of halogens is 2. The highest BCUT2D eigenvalue weighted by Crippen LogP contribution is 2.28. The lowest BCUT2D eigenvalue weighted by atomic mass is 9.83. The maximum Gasteiger partial charge on any atom is 0.254 e. The minimum Gasteiger partial charge on any atom is -0.396 e. The highest BCUT2D eigenvalue weighted by Gasteiger charge is 2.29. The average molecular weight is 268 g/mol. The van der Waals surface area contributed by atoms with Crippen LogP contribution in [0.4, 0.5) is 14.5 Å².